The Kier molecular flexibility index (Phi) is 4.18. The molecule has 2 unspecified atom stereocenters. The first-order chi connectivity index (χ1) is 9.74. The SMILES string of the molecule is Fc1cccc(C2CCNCC2c2ccc(Br)cc2)c1. The third-order valence-corrected chi connectivity index (χ3v) is 4.59. The van der Waals surface area contributed by atoms with Gasteiger partial charge in [0.05, 0.1) is 0 Å². The van der Waals surface area contributed by atoms with Gasteiger partial charge in [0.2, 0.25) is 0 Å². The molecule has 1 nitrogen and oxygen atoms in total. The van der Waals surface area contributed by atoms with Gasteiger partial charge in [-0.1, -0.05) is 40.2 Å². The summed E-state index contributed by atoms with van der Waals surface area (Å²) in [5.74, 6) is 0.641. The maximum Gasteiger partial charge on any atom is 0.123 e. The Labute approximate surface area is 127 Å². The molecule has 1 heterocycles. The third-order valence-electron chi connectivity index (χ3n) is 4.06. The van der Waals surface area contributed by atoms with Crippen LogP contribution in [0.5, 0.6) is 0 Å². The van der Waals surface area contributed by atoms with Crippen LogP contribution in [0.3, 0.4) is 0 Å². The molecule has 104 valence electrons. The topological polar surface area (TPSA) is 12.0 Å². The third kappa shape index (κ3) is 2.94. The number of halogens is 2. The van der Waals surface area contributed by atoms with E-state index < -0.39 is 0 Å². The van der Waals surface area contributed by atoms with Gasteiger partial charge in [-0.3, -0.25) is 0 Å². The molecule has 0 radical (unpaired) electrons. The van der Waals surface area contributed by atoms with Gasteiger partial charge < -0.3 is 5.32 Å². The van der Waals surface area contributed by atoms with E-state index in [1.165, 1.54) is 11.6 Å². The lowest BCUT2D eigenvalue weighted by molar-refractivity contribution is 0.403. The number of piperidine rings is 1. The van der Waals surface area contributed by atoms with E-state index in [4.69, 9.17) is 0 Å². The summed E-state index contributed by atoms with van der Waals surface area (Å²) in [5, 5.41) is 3.46. The Bertz CT molecular complexity index is 582. The van der Waals surface area contributed by atoms with Gasteiger partial charge in [-0.2, -0.15) is 0 Å². The van der Waals surface area contributed by atoms with Crippen molar-refractivity contribution in [3.05, 3.63) is 69.9 Å². The largest absolute Gasteiger partial charge is 0.316 e. The lowest BCUT2D eigenvalue weighted by Crippen LogP contribution is -2.34. The zero-order valence-corrected chi connectivity index (χ0v) is 12.7. The van der Waals surface area contributed by atoms with Gasteiger partial charge >= 0.3 is 0 Å². The highest BCUT2D eigenvalue weighted by Gasteiger charge is 2.27. The highest BCUT2D eigenvalue weighted by molar-refractivity contribution is 9.10. The number of hydrogen-bond donors (Lipinski definition) is 1. The van der Waals surface area contributed by atoms with Crippen LogP contribution < -0.4 is 5.32 Å². The molecule has 0 saturated carbocycles. The van der Waals surface area contributed by atoms with Crippen molar-refractivity contribution < 1.29 is 4.39 Å². The van der Waals surface area contributed by atoms with Crippen LogP contribution in [0.25, 0.3) is 0 Å². The molecular formula is C17H17BrFN. The minimum Gasteiger partial charge on any atom is -0.316 e. The molecular weight excluding hydrogens is 317 g/mol. The predicted octanol–water partition coefficient (Wildman–Crippen LogP) is 4.45. The van der Waals surface area contributed by atoms with Crippen molar-refractivity contribution in [3.63, 3.8) is 0 Å². The van der Waals surface area contributed by atoms with Crippen LogP contribution >= 0.6 is 15.9 Å². The first-order valence-corrected chi connectivity index (χ1v) is 7.75. The Morgan fingerprint density at radius 1 is 1.00 bits per heavy atom. The smallest absolute Gasteiger partial charge is 0.123 e. The first kappa shape index (κ1) is 13.8. The van der Waals surface area contributed by atoms with Crippen LogP contribution in [0.2, 0.25) is 0 Å². The fourth-order valence-electron chi connectivity index (χ4n) is 3.05. The van der Waals surface area contributed by atoms with Crippen molar-refractivity contribution in [2.75, 3.05) is 13.1 Å². The Morgan fingerprint density at radius 2 is 1.80 bits per heavy atom. The summed E-state index contributed by atoms with van der Waals surface area (Å²) in [7, 11) is 0. The summed E-state index contributed by atoms with van der Waals surface area (Å²) >= 11 is 3.47. The molecule has 0 bridgehead atoms. The van der Waals surface area contributed by atoms with Crippen LogP contribution in [0.4, 0.5) is 4.39 Å². The highest BCUT2D eigenvalue weighted by Crippen LogP contribution is 2.37. The second kappa shape index (κ2) is 6.06. The van der Waals surface area contributed by atoms with Gasteiger partial charge in [0, 0.05) is 16.9 Å². The van der Waals surface area contributed by atoms with E-state index in [0.717, 1.165) is 29.5 Å². The summed E-state index contributed by atoms with van der Waals surface area (Å²) in [4.78, 5) is 0. The molecule has 0 spiro atoms. The van der Waals surface area contributed by atoms with E-state index in [1.807, 2.05) is 12.1 Å². The van der Waals surface area contributed by atoms with E-state index in [2.05, 4.69) is 45.5 Å². The average Bonchev–Trinajstić information content (AvgIpc) is 2.48. The molecule has 3 rings (SSSR count). The van der Waals surface area contributed by atoms with Crippen LogP contribution in [0, 0.1) is 5.82 Å². The summed E-state index contributed by atoms with van der Waals surface area (Å²) < 4.78 is 14.6. The van der Waals surface area contributed by atoms with E-state index in [1.54, 1.807) is 6.07 Å². The maximum absolute atomic E-state index is 13.5. The predicted molar refractivity (Wildman–Crippen MR) is 83.5 cm³/mol. The van der Waals surface area contributed by atoms with Crippen LogP contribution in [0.1, 0.15) is 29.4 Å². The second-order valence-corrected chi connectivity index (χ2v) is 6.23. The lowest BCUT2D eigenvalue weighted by Gasteiger charge is -2.33. The number of nitrogens with one attached hydrogen (secondary N) is 1. The second-order valence-electron chi connectivity index (χ2n) is 5.31. The highest BCUT2D eigenvalue weighted by atomic mass is 79.9. The molecule has 0 aromatic heterocycles. The minimum atomic E-state index is -0.143. The first-order valence-electron chi connectivity index (χ1n) is 6.95. The van der Waals surface area contributed by atoms with Crippen molar-refractivity contribution in [1.29, 1.82) is 0 Å². The van der Waals surface area contributed by atoms with Crippen LogP contribution in [-0.2, 0) is 0 Å². The molecule has 1 aliphatic rings. The Hall–Kier alpha value is -1.19. The van der Waals surface area contributed by atoms with Crippen molar-refractivity contribution >= 4 is 15.9 Å². The summed E-state index contributed by atoms with van der Waals surface area (Å²) in [6.07, 6.45) is 1.05. The molecule has 1 fully saturated rings. The van der Waals surface area contributed by atoms with E-state index >= 15 is 0 Å². The standard InChI is InChI=1S/C17H17BrFN/c18-14-6-4-12(5-7-14)17-11-20-9-8-16(17)13-2-1-3-15(19)10-13/h1-7,10,16-17,20H,8-9,11H2. The van der Waals surface area contributed by atoms with E-state index in [0.29, 0.717) is 11.8 Å². The summed E-state index contributed by atoms with van der Waals surface area (Å²) in [6.45, 7) is 1.94. The fraction of sp³-hybridized carbons (Fsp3) is 0.294. The molecule has 20 heavy (non-hydrogen) atoms. The number of rotatable bonds is 2. The number of benzene rings is 2. The van der Waals surface area contributed by atoms with E-state index in [9.17, 15) is 4.39 Å². The van der Waals surface area contributed by atoms with Crippen molar-refractivity contribution in [1.82, 2.24) is 5.32 Å². The number of hydrogen-bond acceptors (Lipinski definition) is 1. The van der Waals surface area contributed by atoms with Crippen molar-refractivity contribution in [3.8, 4) is 0 Å². The Balaban J connectivity index is 1.93. The van der Waals surface area contributed by atoms with Gasteiger partial charge in [-0.25, -0.2) is 4.39 Å². The molecule has 1 saturated heterocycles. The zero-order chi connectivity index (χ0) is 13.9. The molecule has 0 aliphatic carbocycles. The fourth-order valence-corrected chi connectivity index (χ4v) is 3.32. The van der Waals surface area contributed by atoms with Gasteiger partial charge in [0.25, 0.3) is 0 Å². The molecule has 3 heteroatoms. The monoisotopic (exact) mass is 333 g/mol. The van der Waals surface area contributed by atoms with E-state index in [-0.39, 0.29) is 5.82 Å². The maximum atomic E-state index is 13.5. The minimum absolute atomic E-state index is 0.143. The molecule has 2 aromatic carbocycles. The zero-order valence-electron chi connectivity index (χ0n) is 11.2. The lowest BCUT2D eigenvalue weighted by atomic mass is 9.77. The quantitative estimate of drug-likeness (QED) is 0.856. The normalized spacial score (nSPS) is 22.7. The molecule has 0 amide bonds. The molecule has 2 atom stereocenters. The molecule has 2 aromatic rings. The van der Waals surface area contributed by atoms with Gasteiger partial charge in [-0.15, -0.1) is 0 Å². The van der Waals surface area contributed by atoms with Gasteiger partial charge in [-0.05, 0) is 54.3 Å². The Morgan fingerprint density at radius 3 is 2.55 bits per heavy atom. The molecule has 1 aliphatic heterocycles. The summed E-state index contributed by atoms with van der Waals surface area (Å²) in [6, 6.07) is 15.5. The van der Waals surface area contributed by atoms with Crippen LogP contribution in [-0.4, -0.2) is 13.1 Å². The molecule has 1 N–H and O–H groups in total. The van der Waals surface area contributed by atoms with Crippen molar-refractivity contribution in [2.45, 2.75) is 18.3 Å². The van der Waals surface area contributed by atoms with Crippen molar-refractivity contribution in [2.24, 2.45) is 0 Å². The average molecular weight is 334 g/mol. The van der Waals surface area contributed by atoms with Crippen LogP contribution in [0.15, 0.2) is 53.0 Å². The van der Waals surface area contributed by atoms with Gasteiger partial charge in [0.15, 0.2) is 0 Å². The summed E-state index contributed by atoms with van der Waals surface area (Å²) in [5.41, 5.74) is 2.43. The van der Waals surface area contributed by atoms with Gasteiger partial charge in [0.1, 0.15) is 5.82 Å².